The van der Waals surface area contributed by atoms with E-state index in [0.29, 0.717) is 13.0 Å². The number of aliphatic hydroxyl groups is 2. The molecule has 2 rings (SSSR count). The minimum atomic E-state index is -0.745. The molecule has 0 saturated carbocycles. The Morgan fingerprint density at radius 2 is 2.10 bits per heavy atom. The topological polar surface area (TPSA) is 58.9 Å². The summed E-state index contributed by atoms with van der Waals surface area (Å²) < 4.78 is 10.1. The predicted octanol–water partition coefficient (Wildman–Crippen LogP) is -1.15. The number of rotatable bonds is 0. The van der Waals surface area contributed by atoms with Gasteiger partial charge in [-0.05, 0) is 0 Å². The summed E-state index contributed by atoms with van der Waals surface area (Å²) in [5.41, 5.74) is 0. The Hall–Kier alpha value is -0.160. The molecule has 0 aromatic rings. The fourth-order valence-corrected chi connectivity index (χ4v) is 1.48. The summed E-state index contributed by atoms with van der Waals surface area (Å²) in [7, 11) is 0. The van der Waals surface area contributed by atoms with Gasteiger partial charge in [-0.2, -0.15) is 0 Å². The van der Waals surface area contributed by atoms with Gasteiger partial charge in [-0.3, -0.25) is 0 Å². The molecule has 2 heterocycles. The zero-order chi connectivity index (χ0) is 7.14. The Balaban J connectivity index is 2.05. The Morgan fingerprint density at radius 1 is 1.30 bits per heavy atom. The lowest BCUT2D eigenvalue weighted by atomic mass is 10.1. The van der Waals surface area contributed by atoms with E-state index in [9.17, 15) is 0 Å². The van der Waals surface area contributed by atoms with E-state index in [4.69, 9.17) is 19.7 Å². The van der Waals surface area contributed by atoms with Gasteiger partial charge in [0.25, 0.3) is 0 Å². The van der Waals surface area contributed by atoms with Crippen molar-refractivity contribution in [3.05, 3.63) is 0 Å². The van der Waals surface area contributed by atoms with E-state index in [1.165, 1.54) is 0 Å². The molecule has 4 nitrogen and oxygen atoms in total. The van der Waals surface area contributed by atoms with Crippen molar-refractivity contribution in [2.45, 2.75) is 31.0 Å². The van der Waals surface area contributed by atoms with Crippen LogP contribution in [0.2, 0.25) is 0 Å². The first-order chi connectivity index (χ1) is 4.77. The third kappa shape index (κ3) is 0.845. The highest BCUT2D eigenvalue weighted by atomic mass is 16.7. The van der Waals surface area contributed by atoms with Crippen LogP contribution >= 0.6 is 0 Å². The second-order valence-electron chi connectivity index (χ2n) is 2.73. The Morgan fingerprint density at radius 3 is 2.80 bits per heavy atom. The van der Waals surface area contributed by atoms with Gasteiger partial charge in [0.05, 0.1) is 12.7 Å². The Labute approximate surface area is 58.4 Å². The van der Waals surface area contributed by atoms with Gasteiger partial charge in [0.2, 0.25) is 0 Å². The number of aliphatic hydroxyl groups excluding tert-OH is 2. The zero-order valence-electron chi connectivity index (χ0n) is 5.43. The van der Waals surface area contributed by atoms with E-state index in [2.05, 4.69) is 0 Å². The van der Waals surface area contributed by atoms with E-state index >= 15 is 0 Å². The second kappa shape index (κ2) is 2.17. The van der Waals surface area contributed by atoms with E-state index < -0.39 is 12.4 Å². The highest BCUT2D eigenvalue weighted by Crippen LogP contribution is 2.29. The van der Waals surface area contributed by atoms with Crippen LogP contribution in [0.4, 0.5) is 0 Å². The lowest BCUT2D eigenvalue weighted by molar-refractivity contribution is -0.115. The average Bonchev–Trinajstić information content (AvgIpc) is 2.35. The average molecular weight is 146 g/mol. The first kappa shape index (κ1) is 6.54. The summed E-state index contributed by atoms with van der Waals surface area (Å²) in [5.74, 6) is 0. The maximum Gasteiger partial charge on any atom is 0.157 e. The summed E-state index contributed by atoms with van der Waals surface area (Å²) in [6.45, 7) is 0.335. The van der Waals surface area contributed by atoms with Crippen LogP contribution in [-0.4, -0.2) is 41.4 Å². The number of fused-ring (bicyclic) bond motifs is 1. The van der Waals surface area contributed by atoms with Crippen molar-refractivity contribution in [2.24, 2.45) is 0 Å². The van der Waals surface area contributed by atoms with Gasteiger partial charge in [-0.25, -0.2) is 0 Å². The Kier molecular flexibility index (Phi) is 1.42. The van der Waals surface area contributed by atoms with Crippen LogP contribution in [0.3, 0.4) is 0 Å². The molecule has 0 aromatic heterocycles. The number of ether oxygens (including phenoxy) is 2. The molecule has 4 atom stereocenters. The fourth-order valence-electron chi connectivity index (χ4n) is 1.48. The van der Waals surface area contributed by atoms with Crippen molar-refractivity contribution in [1.29, 1.82) is 0 Å². The van der Waals surface area contributed by atoms with Crippen LogP contribution in [-0.2, 0) is 9.47 Å². The molecule has 2 fully saturated rings. The van der Waals surface area contributed by atoms with Crippen LogP contribution in [0.1, 0.15) is 6.42 Å². The maximum atomic E-state index is 9.16. The summed E-state index contributed by atoms with van der Waals surface area (Å²) >= 11 is 0. The van der Waals surface area contributed by atoms with E-state index in [1.54, 1.807) is 0 Å². The largest absolute Gasteiger partial charge is 0.388 e. The van der Waals surface area contributed by atoms with E-state index in [-0.39, 0.29) is 12.2 Å². The molecule has 4 heteroatoms. The molecule has 0 unspecified atom stereocenters. The molecule has 2 aliphatic heterocycles. The van der Waals surface area contributed by atoms with Crippen LogP contribution in [0, 0.1) is 0 Å². The van der Waals surface area contributed by atoms with Crippen molar-refractivity contribution in [2.75, 3.05) is 6.61 Å². The molecule has 10 heavy (non-hydrogen) atoms. The molecule has 2 saturated heterocycles. The molecular formula is C6H10O4. The molecular weight excluding hydrogens is 136 g/mol. The monoisotopic (exact) mass is 146 g/mol. The quantitative estimate of drug-likeness (QED) is 0.453. The lowest BCUT2D eigenvalue weighted by Crippen LogP contribution is -2.27. The zero-order valence-corrected chi connectivity index (χ0v) is 5.43. The summed E-state index contributed by atoms with van der Waals surface area (Å²) in [6.07, 6.45) is -1.20. The van der Waals surface area contributed by atoms with Crippen molar-refractivity contribution in [1.82, 2.24) is 0 Å². The van der Waals surface area contributed by atoms with Crippen LogP contribution in [0.25, 0.3) is 0 Å². The van der Waals surface area contributed by atoms with Gasteiger partial charge in [-0.15, -0.1) is 0 Å². The van der Waals surface area contributed by atoms with Gasteiger partial charge in [-0.1, -0.05) is 0 Å². The minimum Gasteiger partial charge on any atom is -0.388 e. The molecule has 0 radical (unpaired) electrons. The first-order valence-corrected chi connectivity index (χ1v) is 3.40. The van der Waals surface area contributed by atoms with E-state index in [1.807, 2.05) is 0 Å². The lowest BCUT2D eigenvalue weighted by Gasteiger charge is -2.09. The normalized spacial score (nSPS) is 53.4. The number of hydrogen-bond acceptors (Lipinski definition) is 4. The van der Waals surface area contributed by atoms with Crippen molar-refractivity contribution >= 4 is 0 Å². The molecule has 2 aliphatic rings. The van der Waals surface area contributed by atoms with Crippen LogP contribution < -0.4 is 0 Å². The fraction of sp³-hybridized carbons (Fsp3) is 1.00. The minimum absolute atomic E-state index is 0.0926. The molecule has 0 bridgehead atoms. The summed E-state index contributed by atoms with van der Waals surface area (Å²) in [5, 5.41) is 18.1. The maximum absolute atomic E-state index is 9.16. The molecule has 0 amide bonds. The van der Waals surface area contributed by atoms with E-state index in [0.717, 1.165) is 0 Å². The third-order valence-electron chi connectivity index (χ3n) is 1.97. The van der Waals surface area contributed by atoms with Gasteiger partial charge >= 0.3 is 0 Å². The first-order valence-electron chi connectivity index (χ1n) is 3.40. The van der Waals surface area contributed by atoms with Crippen molar-refractivity contribution in [3.63, 3.8) is 0 Å². The van der Waals surface area contributed by atoms with Crippen molar-refractivity contribution in [3.8, 4) is 0 Å². The van der Waals surface area contributed by atoms with Gasteiger partial charge in [0, 0.05) is 6.42 Å². The van der Waals surface area contributed by atoms with Gasteiger partial charge < -0.3 is 19.7 Å². The third-order valence-corrected chi connectivity index (χ3v) is 1.97. The molecule has 0 spiro atoms. The second-order valence-corrected chi connectivity index (χ2v) is 2.73. The summed E-state index contributed by atoms with van der Waals surface area (Å²) in [6, 6.07) is 0. The standard InChI is InChI=1S/C6H10O4/c7-3-2-9-4-1-5(8)10-6(3)4/h3-8H,1-2H2/t3-,4-,5+,6-/m1/s1. The molecule has 2 N–H and O–H groups in total. The number of hydrogen-bond donors (Lipinski definition) is 2. The highest BCUT2D eigenvalue weighted by molar-refractivity contribution is 4.89. The van der Waals surface area contributed by atoms with Crippen LogP contribution in [0.15, 0.2) is 0 Å². The smallest absolute Gasteiger partial charge is 0.157 e. The SMILES string of the molecule is O[C@@H]1C[C@H]2OC[C@@H](O)[C@H]2O1. The van der Waals surface area contributed by atoms with Crippen LogP contribution in [0.5, 0.6) is 0 Å². The highest BCUT2D eigenvalue weighted by Gasteiger charge is 2.44. The van der Waals surface area contributed by atoms with Crippen molar-refractivity contribution < 1.29 is 19.7 Å². The Bertz CT molecular complexity index is 138. The molecule has 58 valence electrons. The summed E-state index contributed by atoms with van der Waals surface area (Å²) in [4.78, 5) is 0. The predicted molar refractivity (Wildman–Crippen MR) is 31.2 cm³/mol. The molecule has 0 aliphatic carbocycles. The van der Waals surface area contributed by atoms with Gasteiger partial charge in [0.15, 0.2) is 6.29 Å². The van der Waals surface area contributed by atoms with Gasteiger partial charge in [0.1, 0.15) is 12.2 Å². The molecule has 0 aromatic carbocycles.